The van der Waals surface area contributed by atoms with Crippen LogP contribution in [0.2, 0.25) is 0 Å². The molecule has 1 saturated heterocycles. The van der Waals surface area contributed by atoms with E-state index in [9.17, 15) is 9.90 Å². The molecule has 5 heteroatoms. The Bertz CT molecular complexity index is 660. The van der Waals surface area contributed by atoms with Gasteiger partial charge < -0.3 is 20.7 Å². The van der Waals surface area contributed by atoms with Crippen LogP contribution in [0.1, 0.15) is 30.3 Å². The molecule has 1 fully saturated rings. The summed E-state index contributed by atoms with van der Waals surface area (Å²) in [5.41, 5.74) is 7.05. The second-order valence-corrected chi connectivity index (χ2v) is 5.82. The van der Waals surface area contributed by atoms with E-state index in [0.717, 1.165) is 23.7 Å². The molecule has 1 aromatic carbocycles. The number of aromatic nitrogens is 1. The van der Waals surface area contributed by atoms with Crippen molar-refractivity contribution < 1.29 is 9.90 Å². The number of β-amino-alcohol motifs (C(OH)–C–C–N with tert-alkyl or cyclic N) is 1. The van der Waals surface area contributed by atoms with E-state index in [0.29, 0.717) is 24.5 Å². The molecule has 1 aliphatic rings. The molecular formula is C15H19N3O2. The van der Waals surface area contributed by atoms with E-state index in [-0.39, 0.29) is 5.91 Å². The Labute approximate surface area is 117 Å². The first-order valence-electron chi connectivity index (χ1n) is 6.85. The third-order valence-electron chi connectivity index (χ3n) is 3.88. The highest BCUT2D eigenvalue weighted by Crippen LogP contribution is 2.25. The van der Waals surface area contributed by atoms with Crippen LogP contribution in [0.5, 0.6) is 0 Å². The standard InChI is InChI=1S/C15H19N3O2/c1-15(20)6-3-7-18(9-15)14(19)12-8-10-4-2-5-11(16)13(10)17-12/h2,4-5,8,17,20H,3,6-7,9,16H2,1H3. The monoisotopic (exact) mass is 273 g/mol. The molecule has 0 saturated carbocycles. The number of nitrogens with two attached hydrogens (primary N) is 1. The number of para-hydroxylation sites is 1. The Hall–Kier alpha value is -2.01. The number of hydrogen-bond donors (Lipinski definition) is 3. The van der Waals surface area contributed by atoms with Gasteiger partial charge in [-0.25, -0.2) is 0 Å². The number of aliphatic hydroxyl groups is 1. The largest absolute Gasteiger partial charge is 0.397 e. The van der Waals surface area contributed by atoms with Crippen molar-refractivity contribution in [2.24, 2.45) is 0 Å². The van der Waals surface area contributed by atoms with E-state index in [4.69, 9.17) is 5.73 Å². The molecule has 1 amide bonds. The molecule has 1 unspecified atom stereocenters. The summed E-state index contributed by atoms with van der Waals surface area (Å²) in [5, 5.41) is 11.0. The number of carbonyl (C=O) groups excluding carboxylic acids is 1. The zero-order valence-corrected chi connectivity index (χ0v) is 11.5. The van der Waals surface area contributed by atoms with E-state index < -0.39 is 5.60 Å². The first-order valence-corrected chi connectivity index (χ1v) is 6.85. The molecule has 106 valence electrons. The summed E-state index contributed by atoms with van der Waals surface area (Å²) >= 11 is 0. The van der Waals surface area contributed by atoms with Crippen molar-refractivity contribution in [2.75, 3.05) is 18.8 Å². The SMILES string of the molecule is CC1(O)CCCN(C(=O)c2cc3cccc(N)c3[nH]2)C1. The molecule has 0 aliphatic carbocycles. The molecule has 3 rings (SSSR count). The fourth-order valence-electron chi connectivity index (χ4n) is 2.86. The van der Waals surface area contributed by atoms with Gasteiger partial charge in [0.15, 0.2) is 0 Å². The lowest BCUT2D eigenvalue weighted by Crippen LogP contribution is -2.48. The molecule has 0 bridgehead atoms. The molecule has 0 radical (unpaired) electrons. The maximum absolute atomic E-state index is 12.5. The number of fused-ring (bicyclic) bond motifs is 1. The summed E-state index contributed by atoms with van der Waals surface area (Å²) in [6, 6.07) is 7.41. The van der Waals surface area contributed by atoms with Crippen LogP contribution in [-0.4, -0.2) is 39.6 Å². The maximum atomic E-state index is 12.5. The zero-order valence-electron chi connectivity index (χ0n) is 11.5. The van der Waals surface area contributed by atoms with Crippen LogP contribution in [0.15, 0.2) is 24.3 Å². The Balaban J connectivity index is 1.91. The second kappa shape index (κ2) is 4.52. The minimum atomic E-state index is -0.793. The zero-order chi connectivity index (χ0) is 14.3. The van der Waals surface area contributed by atoms with Crippen LogP contribution >= 0.6 is 0 Å². The van der Waals surface area contributed by atoms with Gasteiger partial charge in [-0.1, -0.05) is 12.1 Å². The number of benzene rings is 1. The lowest BCUT2D eigenvalue weighted by molar-refractivity contribution is -0.0109. The van der Waals surface area contributed by atoms with Crippen molar-refractivity contribution >= 4 is 22.5 Å². The average molecular weight is 273 g/mol. The molecule has 20 heavy (non-hydrogen) atoms. The average Bonchev–Trinajstić information content (AvgIpc) is 2.82. The molecule has 2 aromatic rings. The maximum Gasteiger partial charge on any atom is 0.270 e. The molecule has 0 spiro atoms. The molecule has 1 aromatic heterocycles. The summed E-state index contributed by atoms with van der Waals surface area (Å²) in [4.78, 5) is 17.3. The van der Waals surface area contributed by atoms with E-state index in [1.54, 1.807) is 17.9 Å². The number of H-pyrrole nitrogens is 1. The van der Waals surface area contributed by atoms with Gasteiger partial charge in [0.1, 0.15) is 5.69 Å². The number of piperidine rings is 1. The number of rotatable bonds is 1. The first-order chi connectivity index (χ1) is 9.46. The Morgan fingerprint density at radius 2 is 2.30 bits per heavy atom. The topological polar surface area (TPSA) is 82.3 Å². The smallest absolute Gasteiger partial charge is 0.270 e. The normalized spacial score (nSPS) is 23.2. The second-order valence-electron chi connectivity index (χ2n) is 5.82. The Morgan fingerprint density at radius 3 is 3.00 bits per heavy atom. The molecule has 5 nitrogen and oxygen atoms in total. The lowest BCUT2D eigenvalue weighted by Gasteiger charge is -2.36. The fraction of sp³-hybridized carbons (Fsp3) is 0.400. The minimum Gasteiger partial charge on any atom is -0.397 e. The van der Waals surface area contributed by atoms with Gasteiger partial charge in [0.25, 0.3) is 5.91 Å². The summed E-state index contributed by atoms with van der Waals surface area (Å²) < 4.78 is 0. The van der Waals surface area contributed by atoms with Crippen molar-refractivity contribution in [3.63, 3.8) is 0 Å². The van der Waals surface area contributed by atoms with Gasteiger partial charge in [-0.05, 0) is 31.9 Å². The van der Waals surface area contributed by atoms with Crippen molar-refractivity contribution in [3.05, 3.63) is 30.0 Å². The van der Waals surface area contributed by atoms with Gasteiger partial charge in [-0.15, -0.1) is 0 Å². The predicted molar refractivity (Wildman–Crippen MR) is 78.5 cm³/mol. The Kier molecular flexibility index (Phi) is 2.94. The molecule has 2 heterocycles. The molecule has 1 atom stereocenters. The summed E-state index contributed by atoms with van der Waals surface area (Å²) in [7, 11) is 0. The lowest BCUT2D eigenvalue weighted by atomic mass is 9.95. The van der Waals surface area contributed by atoms with Crippen LogP contribution < -0.4 is 5.73 Å². The van der Waals surface area contributed by atoms with Gasteiger partial charge in [-0.3, -0.25) is 4.79 Å². The highest BCUT2D eigenvalue weighted by Gasteiger charge is 2.31. The van der Waals surface area contributed by atoms with Gasteiger partial charge >= 0.3 is 0 Å². The predicted octanol–water partition coefficient (Wildman–Crippen LogP) is 1.74. The molecule has 4 N–H and O–H groups in total. The van der Waals surface area contributed by atoms with Crippen molar-refractivity contribution in [2.45, 2.75) is 25.4 Å². The van der Waals surface area contributed by atoms with Gasteiger partial charge in [0.05, 0.1) is 16.8 Å². The quantitative estimate of drug-likeness (QED) is 0.692. The number of nitrogens with zero attached hydrogens (tertiary/aromatic N) is 1. The van der Waals surface area contributed by atoms with Crippen LogP contribution in [0.3, 0.4) is 0 Å². The number of nitrogen functional groups attached to an aromatic ring is 1. The van der Waals surface area contributed by atoms with Crippen LogP contribution in [-0.2, 0) is 0 Å². The van der Waals surface area contributed by atoms with Crippen molar-refractivity contribution in [1.82, 2.24) is 9.88 Å². The summed E-state index contributed by atoms with van der Waals surface area (Å²) in [6.07, 6.45) is 1.55. The van der Waals surface area contributed by atoms with E-state index >= 15 is 0 Å². The number of hydrogen-bond acceptors (Lipinski definition) is 3. The van der Waals surface area contributed by atoms with Gasteiger partial charge in [-0.2, -0.15) is 0 Å². The Morgan fingerprint density at radius 1 is 1.50 bits per heavy atom. The van der Waals surface area contributed by atoms with Crippen molar-refractivity contribution in [3.8, 4) is 0 Å². The van der Waals surface area contributed by atoms with Gasteiger partial charge in [0.2, 0.25) is 0 Å². The minimum absolute atomic E-state index is 0.0828. The highest BCUT2D eigenvalue weighted by molar-refractivity contribution is 6.00. The van der Waals surface area contributed by atoms with E-state index in [1.165, 1.54) is 0 Å². The first kappa shape index (κ1) is 13.0. The summed E-state index contributed by atoms with van der Waals surface area (Å²) in [6.45, 7) is 2.83. The number of amides is 1. The van der Waals surface area contributed by atoms with Crippen molar-refractivity contribution in [1.29, 1.82) is 0 Å². The highest BCUT2D eigenvalue weighted by atomic mass is 16.3. The third-order valence-corrected chi connectivity index (χ3v) is 3.88. The molecular weight excluding hydrogens is 254 g/mol. The number of carbonyl (C=O) groups is 1. The van der Waals surface area contributed by atoms with Crippen LogP contribution in [0, 0.1) is 0 Å². The van der Waals surface area contributed by atoms with E-state index in [2.05, 4.69) is 4.98 Å². The molecule has 1 aliphatic heterocycles. The van der Waals surface area contributed by atoms with Gasteiger partial charge in [0, 0.05) is 18.5 Å². The number of nitrogens with one attached hydrogen (secondary N) is 1. The van der Waals surface area contributed by atoms with Crippen LogP contribution in [0.4, 0.5) is 5.69 Å². The van der Waals surface area contributed by atoms with E-state index in [1.807, 2.05) is 18.2 Å². The number of likely N-dealkylation sites (tertiary alicyclic amines) is 1. The number of anilines is 1. The summed E-state index contributed by atoms with van der Waals surface area (Å²) in [5.74, 6) is -0.0828. The van der Waals surface area contributed by atoms with Crippen LogP contribution in [0.25, 0.3) is 10.9 Å². The fourth-order valence-corrected chi connectivity index (χ4v) is 2.86. The number of aromatic amines is 1. The third kappa shape index (κ3) is 2.25.